The highest BCUT2D eigenvalue weighted by atomic mass is 16.5. The maximum Gasteiger partial charge on any atom is 0.118 e. The second kappa shape index (κ2) is 6.00. The summed E-state index contributed by atoms with van der Waals surface area (Å²) >= 11 is 0. The Balaban J connectivity index is 2.10. The van der Waals surface area contributed by atoms with Gasteiger partial charge in [0.2, 0.25) is 0 Å². The van der Waals surface area contributed by atoms with Gasteiger partial charge in [0.05, 0.1) is 13.3 Å². The van der Waals surface area contributed by atoms with E-state index in [1.165, 1.54) is 5.56 Å². The van der Waals surface area contributed by atoms with Crippen molar-refractivity contribution in [3.63, 3.8) is 0 Å². The predicted octanol–water partition coefficient (Wildman–Crippen LogP) is 0.818. The minimum Gasteiger partial charge on any atom is -0.497 e. The van der Waals surface area contributed by atoms with Gasteiger partial charge in [-0.2, -0.15) is 0 Å². The number of nitrogens with one attached hydrogen (secondary N) is 2. The zero-order chi connectivity index (χ0) is 12.1. The van der Waals surface area contributed by atoms with Gasteiger partial charge in [-0.05, 0) is 24.7 Å². The molecule has 17 heavy (non-hydrogen) atoms. The predicted molar refractivity (Wildman–Crippen MR) is 69.2 cm³/mol. The molecule has 2 rings (SSSR count). The van der Waals surface area contributed by atoms with Gasteiger partial charge in [0.1, 0.15) is 5.75 Å². The van der Waals surface area contributed by atoms with Gasteiger partial charge in [-0.15, -0.1) is 0 Å². The molecule has 1 aliphatic heterocycles. The Bertz CT molecular complexity index is 333. The molecular formula is C13H21N3O. The summed E-state index contributed by atoms with van der Waals surface area (Å²) in [6, 6.07) is 8.29. The monoisotopic (exact) mass is 235 g/mol. The van der Waals surface area contributed by atoms with Gasteiger partial charge in [0.25, 0.3) is 0 Å². The van der Waals surface area contributed by atoms with Gasteiger partial charge in [-0.25, -0.2) is 0 Å². The highest BCUT2D eigenvalue weighted by Gasteiger charge is 2.20. The van der Waals surface area contributed by atoms with E-state index in [2.05, 4.69) is 27.7 Å². The number of benzene rings is 1. The van der Waals surface area contributed by atoms with Crippen molar-refractivity contribution in [2.75, 3.05) is 40.3 Å². The van der Waals surface area contributed by atoms with Crippen molar-refractivity contribution in [3.05, 3.63) is 29.8 Å². The molecule has 0 amide bonds. The van der Waals surface area contributed by atoms with Gasteiger partial charge in [0, 0.05) is 26.2 Å². The van der Waals surface area contributed by atoms with Crippen LogP contribution < -0.4 is 15.4 Å². The Kier molecular flexibility index (Phi) is 4.36. The molecule has 1 unspecified atom stereocenters. The number of piperazine rings is 1. The lowest BCUT2D eigenvalue weighted by Crippen LogP contribution is -2.48. The van der Waals surface area contributed by atoms with Crippen LogP contribution >= 0.6 is 0 Å². The smallest absolute Gasteiger partial charge is 0.118 e. The van der Waals surface area contributed by atoms with Crippen molar-refractivity contribution in [1.29, 1.82) is 0 Å². The molecule has 1 aliphatic rings. The van der Waals surface area contributed by atoms with Crippen molar-refractivity contribution in [1.82, 2.24) is 15.5 Å². The van der Waals surface area contributed by atoms with E-state index in [1.54, 1.807) is 7.11 Å². The molecule has 0 spiro atoms. The summed E-state index contributed by atoms with van der Waals surface area (Å²) in [4.78, 5) is 2.46. The first-order valence-electron chi connectivity index (χ1n) is 6.11. The lowest BCUT2D eigenvalue weighted by Gasteiger charge is -2.34. The first-order chi connectivity index (χ1) is 8.35. The maximum atomic E-state index is 5.18. The Morgan fingerprint density at radius 1 is 1.24 bits per heavy atom. The molecule has 0 saturated carbocycles. The fourth-order valence-electron chi connectivity index (χ4n) is 2.29. The van der Waals surface area contributed by atoms with Crippen molar-refractivity contribution >= 4 is 0 Å². The van der Waals surface area contributed by atoms with Crippen molar-refractivity contribution < 1.29 is 4.74 Å². The highest BCUT2D eigenvalue weighted by Crippen LogP contribution is 2.20. The number of nitrogens with zero attached hydrogens (tertiary/aromatic N) is 1. The molecule has 1 fully saturated rings. The minimum absolute atomic E-state index is 0.294. The van der Waals surface area contributed by atoms with Crippen LogP contribution in [0.2, 0.25) is 0 Å². The fraction of sp³-hybridized carbons (Fsp3) is 0.538. The summed E-state index contributed by atoms with van der Waals surface area (Å²) in [6.45, 7) is 4.29. The SMILES string of the molecule is CNC(c1ccc(OC)cc1)N1CCNCC1. The standard InChI is InChI=1S/C13H21N3O/c1-14-13(16-9-7-15-8-10-16)11-3-5-12(17-2)6-4-11/h3-6,13-15H,7-10H2,1-2H3. The van der Waals surface area contributed by atoms with E-state index >= 15 is 0 Å². The molecular weight excluding hydrogens is 214 g/mol. The summed E-state index contributed by atoms with van der Waals surface area (Å²) < 4.78 is 5.18. The molecule has 0 aliphatic carbocycles. The molecule has 1 aromatic rings. The summed E-state index contributed by atoms with van der Waals surface area (Å²) in [5.41, 5.74) is 1.29. The minimum atomic E-state index is 0.294. The molecule has 1 atom stereocenters. The molecule has 94 valence electrons. The Labute approximate surface area is 103 Å². The fourth-order valence-corrected chi connectivity index (χ4v) is 2.29. The van der Waals surface area contributed by atoms with Crippen molar-refractivity contribution in [2.24, 2.45) is 0 Å². The second-order valence-corrected chi connectivity index (χ2v) is 4.25. The molecule has 0 bridgehead atoms. The summed E-state index contributed by atoms with van der Waals surface area (Å²) in [6.07, 6.45) is 0.294. The average molecular weight is 235 g/mol. The van der Waals surface area contributed by atoms with E-state index < -0.39 is 0 Å². The summed E-state index contributed by atoms with van der Waals surface area (Å²) in [7, 11) is 3.71. The molecule has 0 radical (unpaired) electrons. The molecule has 0 aromatic heterocycles. The number of rotatable bonds is 4. The van der Waals surface area contributed by atoms with Crippen LogP contribution in [0.4, 0.5) is 0 Å². The third kappa shape index (κ3) is 2.97. The van der Waals surface area contributed by atoms with E-state index in [9.17, 15) is 0 Å². The maximum absolute atomic E-state index is 5.18. The third-order valence-electron chi connectivity index (χ3n) is 3.22. The first-order valence-corrected chi connectivity index (χ1v) is 6.11. The second-order valence-electron chi connectivity index (χ2n) is 4.25. The van der Waals surface area contributed by atoms with Crippen LogP contribution in [0.25, 0.3) is 0 Å². The van der Waals surface area contributed by atoms with Crippen molar-refractivity contribution in [2.45, 2.75) is 6.17 Å². The van der Waals surface area contributed by atoms with Gasteiger partial charge in [-0.1, -0.05) is 12.1 Å². The van der Waals surface area contributed by atoms with Crippen LogP contribution in [0.15, 0.2) is 24.3 Å². The average Bonchev–Trinajstić information content (AvgIpc) is 2.42. The zero-order valence-electron chi connectivity index (χ0n) is 10.6. The molecule has 2 N–H and O–H groups in total. The molecule has 1 aromatic carbocycles. The zero-order valence-corrected chi connectivity index (χ0v) is 10.6. The number of methoxy groups -OCH3 is 1. The normalized spacial score (nSPS) is 18.9. The van der Waals surface area contributed by atoms with Gasteiger partial charge in [-0.3, -0.25) is 4.90 Å². The Morgan fingerprint density at radius 3 is 2.41 bits per heavy atom. The van der Waals surface area contributed by atoms with Gasteiger partial charge < -0.3 is 15.4 Å². The highest BCUT2D eigenvalue weighted by molar-refractivity contribution is 5.29. The van der Waals surface area contributed by atoms with Crippen LogP contribution in [0.3, 0.4) is 0 Å². The molecule has 1 heterocycles. The number of hydrogen-bond donors (Lipinski definition) is 2. The van der Waals surface area contributed by atoms with Crippen LogP contribution in [-0.2, 0) is 0 Å². The topological polar surface area (TPSA) is 36.5 Å². The quantitative estimate of drug-likeness (QED) is 0.810. The summed E-state index contributed by atoms with van der Waals surface area (Å²) in [5, 5.41) is 6.76. The van der Waals surface area contributed by atoms with Crippen LogP contribution in [0, 0.1) is 0 Å². The molecule has 1 saturated heterocycles. The van der Waals surface area contributed by atoms with Crippen LogP contribution in [0.1, 0.15) is 11.7 Å². The number of hydrogen-bond acceptors (Lipinski definition) is 4. The van der Waals surface area contributed by atoms with E-state index in [4.69, 9.17) is 4.74 Å². The molecule has 4 heteroatoms. The third-order valence-corrected chi connectivity index (χ3v) is 3.22. The Hall–Kier alpha value is -1.10. The lowest BCUT2D eigenvalue weighted by atomic mass is 10.1. The first kappa shape index (κ1) is 12.4. The Morgan fingerprint density at radius 2 is 1.88 bits per heavy atom. The largest absolute Gasteiger partial charge is 0.497 e. The summed E-state index contributed by atoms with van der Waals surface area (Å²) in [5.74, 6) is 0.906. The van der Waals surface area contributed by atoms with E-state index in [0.717, 1.165) is 31.9 Å². The van der Waals surface area contributed by atoms with Crippen LogP contribution in [-0.4, -0.2) is 45.2 Å². The lowest BCUT2D eigenvalue weighted by molar-refractivity contribution is 0.153. The van der Waals surface area contributed by atoms with E-state index in [1.807, 2.05) is 19.2 Å². The van der Waals surface area contributed by atoms with Gasteiger partial charge >= 0.3 is 0 Å². The van der Waals surface area contributed by atoms with Gasteiger partial charge in [0.15, 0.2) is 0 Å². The van der Waals surface area contributed by atoms with Crippen LogP contribution in [0.5, 0.6) is 5.75 Å². The number of ether oxygens (including phenoxy) is 1. The van der Waals surface area contributed by atoms with E-state index in [0.29, 0.717) is 6.17 Å². The molecule has 4 nitrogen and oxygen atoms in total. The van der Waals surface area contributed by atoms with Crippen molar-refractivity contribution in [3.8, 4) is 5.75 Å². The van der Waals surface area contributed by atoms with E-state index in [-0.39, 0.29) is 0 Å².